The first-order valence-electron chi connectivity index (χ1n) is 5.02. The summed E-state index contributed by atoms with van der Waals surface area (Å²) in [6.07, 6.45) is 3.02. The summed E-state index contributed by atoms with van der Waals surface area (Å²) in [5.41, 5.74) is 6.80. The molecule has 5 heteroatoms. The smallest absolute Gasteiger partial charge is 0.256 e. The maximum absolute atomic E-state index is 11.8. The van der Waals surface area contributed by atoms with E-state index < -0.39 is 0 Å². The van der Waals surface area contributed by atoms with Crippen molar-refractivity contribution in [2.75, 3.05) is 5.73 Å². The molecule has 2 aromatic rings. The molecular formula is C11H13N3O2. The van der Waals surface area contributed by atoms with E-state index >= 15 is 0 Å². The summed E-state index contributed by atoms with van der Waals surface area (Å²) < 4.78 is 4.92. The summed E-state index contributed by atoms with van der Waals surface area (Å²) >= 11 is 0. The molecule has 2 rings (SSSR count). The highest BCUT2D eigenvalue weighted by molar-refractivity contribution is 5.56. The van der Waals surface area contributed by atoms with Gasteiger partial charge in [-0.15, -0.1) is 0 Å². The second-order valence-corrected chi connectivity index (χ2v) is 3.88. The summed E-state index contributed by atoms with van der Waals surface area (Å²) in [6, 6.07) is 1.72. The molecule has 0 aliphatic heterocycles. The van der Waals surface area contributed by atoms with Gasteiger partial charge in [0, 0.05) is 0 Å². The minimum absolute atomic E-state index is 0.0506. The Hall–Kier alpha value is -2.04. The molecule has 16 heavy (non-hydrogen) atoms. The molecule has 2 aromatic heterocycles. The van der Waals surface area contributed by atoms with Gasteiger partial charge >= 0.3 is 0 Å². The molecule has 2 heterocycles. The van der Waals surface area contributed by atoms with Gasteiger partial charge in [0.1, 0.15) is 17.9 Å². The zero-order valence-corrected chi connectivity index (χ0v) is 9.15. The van der Waals surface area contributed by atoms with Crippen molar-refractivity contribution < 1.29 is 4.42 Å². The second kappa shape index (κ2) is 3.84. The SMILES string of the molecule is CC(C)c1c(N)nc(-c2ccoc2)[nH]c1=O. The lowest BCUT2D eigenvalue weighted by molar-refractivity contribution is 0.568. The van der Waals surface area contributed by atoms with Crippen LogP contribution in [-0.4, -0.2) is 9.97 Å². The molecular weight excluding hydrogens is 206 g/mol. The first kappa shape index (κ1) is 10.5. The zero-order valence-electron chi connectivity index (χ0n) is 9.15. The highest BCUT2D eigenvalue weighted by atomic mass is 16.3. The fourth-order valence-electron chi connectivity index (χ4n) is 1.59. The molecule has 0 saturated heterocycles. The van der Waals surface area contributed by atoms with Gasteiger partial charge < -0.3 is 15.1 Å². The van der Waals surface area contributed by atoms with E-state index in [1.807, 2.05) is 13.8 Å². The summed E-state index contributed by atoms with van der Waals surface area (Å²) in [7, 11) is 0. The lowest BCUT2D eigenvalue weighted by Crippen LogP contribution is -2.19. The first-order valence-corrected chi connectivity index (χ1v) is 5.02. The number of nitrogens with zero attached hydrogens (tertiary/aromatic N) is 1. The predicted molar refractivity (Wildman–Crippen MR) is 61.1 cm³/mol. The van der Waals surface area contributed by atoms with Crippen molar-refractivity contribution in [1.29, 1.82) is 0 Å². The number of H-pyrrole nitrogens is 1. The van der Waals surface area contributed by atoms with Gasteiger partial charge in [0.15, 0.2) is 0 Å². The minimum atomic E-state index is -0.196. The third-order valence-corrected chi connectivity index (χ3v) is 2.36. The van der Waals surface area contributed by atoms with Crippen LogP contribution in [0, 0.1) is 0 Å². The van der Waals surface area contributed by atoms with Crippen molar-refractivity contribution in [2.24, 2.45) is 0 Å². The monoisotopic (exact) mass is 219 g/mol. The Morgan fingerprint density at radius 2 is 2.25 bits per heavy atom. The lowest BCUT2D eigenvalue weighted by Gasteiger charge is -2.08. The average Bonchev–Trinajstić information content (AvgIpc) is 2.67. The molecule has 0 aromatic carbocycles. The Bertz CT molecular complexity index is 541. The van der Waals surface area contributed by atoms with Crippen LogP contribution in [0.5, 0.6) is 0 Å². The van der Waals surface area contributed by atoms with Crippen LogP contribution >= 0.6 is 0 Å². The maximum atomic E-state index is 11.8. The Kier molecular flexibility index (Phi) is 2.52. The van der Waals surface area contributed by atoms with E-state index in [9.17, 15) is 4.79 Å². The third-order valence-electron chi connectivity index (χ3n) is 2.36. The molecule has 0 fully saturated rings. The normalized spacial score (nSPS) is 10.9. The lowest BCUT2D eigenvalue weighted by atomic mass is 10.1. The van der Waals surface area contributed by atoms with Crippen LogP contribution in [0.1, 0.15) is 25.3 Å². The molecule has 0 bridgehead atoms. The highest BCUT2D eigenvalue weighted by Crippen LogP contribution is 2.19. The Morgan fingerprint density at radius 3 is 2.75 bits per heavy atom. The molecule has 84 valence electrons. The van der Waals surface area contributed by atoms with Crippen LogP contribution < -0.4 is 11.3 Å². The predicted octanol–water partition coefficient (Wildman–Crippen LogP) is 1.74. The van der Waals surface area contributed by atoms with E-state index in [0.717, 1.165) is 0 Å². The summed E-state index contributed by atoms with van der Waals surface area (Å²) in [5.74, 6) is 0.755. The third kappa shape index (κ3) is 1.71. The zero-order chi connectivity index (χ0) is 11.7. The Labute approximate surface area is 92.3 Å². The van der Waals surface area contributed by atoms with E-state index in [2.05, 4.69) is 9.97 Å². The van der Waals surface area contributed by atoms with Crippen molar-refractivity contribution in [2.45, 2.75) is 19.8 Å². The number of hydrogen-bond donors (Lipinski definition) is 2. The summed E-state index contributed by atoms with van der Waals surface area (Å²) in [4.78, 5) is 18.6. The van der Waals surface area contributed by atoms with Gasteiger partial charge in [-0.2, -0.15) is 0 Å². The van der Waals surface area contributed by atoms with Crippen LogP contribution in [0.3, 0.4) is 0 Å². The van der Waals surface area contributed by atoms with Crippen molar-refractivity contribution >= 4 is 5.82 Å². The summed E-state index contributed by atoms with van der Waals surface area (Å²) in [6.45, 7) is 3.81. The van der Waals surface area contributed by atoms with Crippen LogP contribution in [-0.2, 0) is 0 Å². The van der Waals surface area contributed by atoms with Gasteiger partial charge in [-0.1, -0.05) is 13.8 Å². The molecule has 0 atom stereocenters. The molecule has 0 aliphatic rings. The minimum Gasteiger partial charge on any atom is -0.472 e. The Morgan fingerprint density at radius 1 is 1.50 bits per heavy atom. The molecule has 0 spiro atoms. The molecule has 0 amide bonds. The number of nitrogen functional groups attached to an aromatic ring is 1. The molecule has 5 nitrogen and oxygen atoms in total. The van der Waals surface area contributed by atoms with E-state index in [1.54, 1.807) is 6.07 Å². The van der Waals surface area contributed by atoms with E-state index in [0.29, 0.717) is 17.0 Å². The average molecular weight is 219 g/mol. The van der Waals surface area contributed by atoms with E-state index in [-0.39, 0.29) is 17.3 Å². The van der Waals surface area contributed by atoms with Crippen LogP contribution in [0.2, 0.25) is 0 Å². The van der Waals surface area contributed by atoms with Gasteiger partial charge in [0.2, 0.25) is 0 Å². The van der Waals surface area contributed by atoms with Crippen LogP contribution in [0.15, 0.2) is 27.8 Å². The topological polar surface area (TPSA) is 84.9 Å². The number of nitrogens with two attached hydrogens (primary N) is 1. The Balaban J connectivity index is 2.58. The van der Waals surface area contributed by atoms with Crippen molar-refractivity contribution in [3.63, 3.8) is 0 Å². The number of nitrogens with one attached hydrogen (secondary N) is 1. The number of aromatic nitrogens is 2. The number of anilines is 1. The van der Waals surface area contributed by atoms with Gasteiger partial charge in [0.05, 0.1) is 17.4 Å². The van der Waals surface area contributed by atoms with E-state index in [1.165, 1.54) is 12.5 Å². The first-order chi connectivity index (χ1) is 7.59. The number of hydrogen-bond acceptors (Lipinski definition) is 4. The van der Waals surface area contributed by atoms with Gasteiger partial charge in [0.25, 0.3) is 5.56 Å². The molecule has 3 N–H and O–H groups in total. The largest absolute Gasteiger partial charge is 0.472 e. The number of rotatable bonds is 2. The number of aromatic amines is 1. The van der Waals surface area contributed by atoms with Crippen molar-refractivity contribution in [1.82, 2.24) is 9.97 Å². The molecule has 0 saturated carbocycles. The van der Waals surface area contributed by atoms with Gasteiger partial charge in [-0.05, 0) is 12.0 Å². The van der Waals surface area contributed by atoms with Gasteiger partial charge in [-0.25, -0.2) is 4.98 Å². The number of furan rings is 1. The second-order valence-electron chi connectivity index (χ2n) is 3.88. The van der Waals surface area contributed by atoms with Crippen LogP contribution in [0.25, 0.3) is 11.4 Å². The fourth-order valence-corrected chi connectivity index (χ4v) is 1.59. The van der Waals surface area contributed by atoms with Gasteiger partial charge in [-0.3, -0.25) is 4.79 Å². The van der Waals surface area contributed by atoms with Crippen LogP contribution in [0.4, 0.5) is 5.82 Å². The summed E-state index contributed by atoms with van der Waals surface area (Å²) in [5, 5.41) is 0. The molecule has 0 radical (unpaired) electrons. The maximum Gasteiger partial charge on any atom is 0.256 e. The standard InChI is InChI=1S/C11H13N3O2/c1-6(2)8-9(12)13-10(14-11(8)15)7-3-4-16-5-7/h3-6H,1-2H3,(H3,12,13,14,15). The molecule has 0 unspecified atom stereocenters. The quantitative estimate of drug-likeness (QED) is 0.805. The van der Waals surface area contributed by atoms with Crippen molar-refractivity contribution in [3.05, 3.63) is 34.5 Å². The highest BCUT2D eigenvalue weighted by Gasteiger charge is 2.13. The fraction of sp³-hybridized carbons (Fsp3) is 0.273. The molecule has 0 aliphatic carbocycles. The van der Waals surface area contributed by atoms with E-state index in [4.69, 9.17) is 10.2 Å². The van der Waals surface area contributed by atoms with Crippen molar-refractivity contribution in [3.8, 4) is 11.4 Å².